The minimum atomic E-state index is -3.47. The molecule has 8 heteroatoms. The Bertz CT molecular complexity index is 810. The Balaban J connectivity index is 1.58. The van der Waals surface area contributed by atoms with E-state index in [1.807, 2.05) is 24.3 Å². The molecule has 0 aromatic heterocycles. The molecular weight excluding hydrogens is 407 g/mol. The van der Waals surface area contributed by atoms with Crippen molar-refractivity contribution < 1.29 is 33.5 Å². The molecule has 0 fully saturated rings. The summed E-state index contributed by atoms with van der Waals surface area (Å²) in [6.45, 7) is 5.61. The third-order valence-corrected chi connectivity index (χ3v) is 6.86. The number of para-hydroxylation sites is 2. The van der Waals surface area contributed by atoms with Crippen LogP contribution in [0.5, 0.6) is 11.5 Å². The van der Waals surface area contributed by atoms with Gasteiger partial charge in [0, 0.05) is 11.2 Å². The van der Waals surface area contributed by atoms with Crippen molar-refractivity contribution in [2.75, 3.05) is 39.6 Å². The van der Waals surface area contributed by atoms with Crippen molar-refractivity contribution in [3.8, 4) is 11.5 Å². The van der Waals surface area contributed by atoms with Crippen molar-refractivity contribution in [3.05, 3.63) is 54.1 Å². The van der Waals surface area contributed by atoms with E-state index in [-0.39, 0.29) is 18.9 Å². The average Bonchev–Trinajstić information content (AvgIpc) is 2.75. The topological polar surface area (TPSA) is 94.5 Å². The maximum absolute atomic E-state index is 12.5. The number of ether oxygens (including phenoxy) is 4. The summed E-state index contributed by atoms with van der Waals surface area (Å²) in [5.41, 5.74) is 0.366. The summed E-state index contributed by atoms with van der Waals surface area (Å²) in [5, 5.41) is 9.59. The number of aliphatic hydroxyl groups is 1. The number of aliphatic hydroxyl groups excluding tert-OH is 1. The van der Waals surface area contributed by atoms with Gasteiger partial charge in [0.2, 0.25) is 7.37 Å². The highest BCUT2D eigenvalue weighted by Gasteiger charge is 2.29. The highest BCUT2D eigenvalue weighted by Crippen LogP contribution is 2.47. The average molecular weight is 438 g/mol. The minimum Gasteiger partial charge on any atom is -0.491 e. The van der Waals surface area contributed by atoms with Crippen LogP contribution in [0, 0.1) is 0 Å². The molecule has 0 spiro atoms. The van der Waals surface area contributed by atoms with E-state index in [0.29, 0.717) is 49.8 Å². The van der Waals surface area contributed by atoms with E-state index >= 15 is 0 Å². The summed E-state index contributed by atoms with van der Waals surface area (Å²) in [6, 6.07) is 14.1. The van der Waals surface area contributed by atoms with Gasteiger partial charge in [-0.3, -0.25) is 4.57 Å². The highest BCUT2D eigenvalue weighted by molar-refractivity contribution is 7.66. The Labute approximate surface area is 178 Å². The van der Waals surface area contributed by atoms with Gasteiger partial charge in [0.05, 0.1) is 38.3 Å². The van der Waals surface area contributed by atoms with Gasteiger partial charge in [0.25, 0.3) is 0 Å². The largest absolute Gasteiger partial charge is 0.491 e. The number of hydrogen-bond acceptors (Lipinski definition) is 6. The van der Waals surface area contributed by atoms with Crippen molar-refractivity contribution >= 4 is 12.7 Å². The van der Waals surface area contributed by atoms with Crippen molar-refractivity contribution in [2.45, 2.75) is 26.1 Å². The first-order valence-corrected chi connectivity index (χ1v) is 11.7. The third-order valence-electron chi connectivity index (χ3n) is 4.40. The van der Waals surface area contributed by atoms with Crippen LogP contribution in [0.3, 0.4) is 0 Å². The van der Waals surface area contributed by atoms with Crippen LogP contribution in [0.15, 0.2) is 48.5 Å². The van der Waals surface area contributed by atoms with E-state index in [0.717, 1.165) is 5.56 Å². The van der Waals surface area contributed by atoms with Crippen molar-refractivity contribution in [1.82, 2.24) is 0 Å². The summed E-state index contributed by atoms with van der Waals surface area (Å²) < 4.78 is 34.7. The Morgan fingerprint density at radius 3 is 1.90 bits per heavy atom. The zero-order valence-electron chi connectivity index (χ0n) is 17.5. The van der Waals surface area contributed by atoms with Crippen LogP contribution in [0.25, 0.3) is 0 Å². The molecule has 7 nitrogen and oxygen atoms in total. The quantitative estimate of drug-likeness (QED) is 0.346. The normalized spacial score (nSPS) is 13.2. The fourth-order valence-corrected chi connectivity index (χ4v) is 3.95. The molecule has 0 heterocycles. The summed E-state index contributed by atoms with van der Waals surface area (Å²) >= 11 is 0. The number of rotatable bonds is 14. The summed E-state index contributed by atoms with van der Waals surface area (Å²) in [7, 11) is -3.47. The molecule has 0 aliphatic heterocycles. The Hall–Kier alpha value is -1.89. The van der Waals surface area contributed by atoms with Gasteiger partial charge in [-0.1, -0.05) is 44.2 Å². The maximum atomic E-state index is 12.5. The smallest absolute Gasteiger partial charge is 0.235 e. The minimum absolute atomic E-state index is 0.0647. The molecule has 1 unspecified atom stereocenters. The van der Waals surface area contributed by atoms with E-state index in [1.165, 1.54) is 0 Å². The molecule has 0 aliphatic rings. The van der Waals surface area contributed by atoms with Gasteiger partial charge in [-0.2, -0.15) is 0 Å². The predicted octanol–water partition coefficient (Wildman–Crippen LogP) is 2.97. The van der Waals surface area contributed by atoms with E-state index in [2.05, 4.69) is 0 Å². The van der Waals surface area contributed by atoms with Gasteiger partial charge < -0.3 is 28.9 Å². The first kappa shape index (κ1) is 24.4. The first-order valence-electron chi connectivity index (χ1n) is 9.98. The zero-order valence-corrected chi connectivity index (χ0v) is 18.4. The molecule has 1 atom stereocenters. The van der Waals surface area contributed by atoms with Gasteiger partial charge >= 0.3 is 0 Å². The lowest BCUT2D eigenvalue weighted by Crippen LogP contribution is -2.18. The second-order valence-corrected chi connectivity index (χ2v) is 9.63. The highest BCUT2D eigenvalue weighted by atomic mass is 31.2. The van der Waals surface area contributed by atoms with Crippen LogP contribution in [-0.2, 0) is 20.6 Å². The van der Waals surface area contributed by atoms with Gasteiger partial charge in [0.15, 0.2) is 0 Å². The van der Waals surface area contributed by atoms with Gasteiger partial charge in [-0.05, 0) is 18.2 Å². The maximum Gasteiger partial charge on any atom is 0.235 e. The Morgan fingerprint density at radius 1 is 0.800 bits per heavy atom. The molecule has 2 rings (SSSR count). The number of benzene rings is 2. The van der Waals surface area contributed by atoms with E-state index in [9.17, 15) is 14.6 Å². The molecule has 0 radical (unpaired) electrons. The van der Waals surface area contributed by atoms with Crippen molar-refractivity contribution in [3.63, 3.8) is 0 Å². The zero-order chi connectivity index (χ0) is 21.8. The van der Waals surface area contributed by atoms with Gasteiger partial charge in [0.1, 0.15) is 24.7 Å². The van der Waals surface area contributed by atoms with Crippen LogP contribution >= 0.6 is 7.37 Å². The third kappa shape index (κ3) is 7.42. The Kier molecular flexibility index (Phi) is 10.3. The molecule has 2 N–H and O–H groups in total. The van der Waals surface area contributed by atoms with Crippen LogP contribution in [0.4, 0.5) is 0 Å². The van der Waals surface area contributed by atoms with Gasteiger partial charge in [-0.15, -0.1) is 0 Å². The van der Waals surface area contributed by atoms with E-state index in [1.54, 1.807) is 38.1 Å². The second-order valence-electron chi connectivity index (χ2n) is 6.87. The lowest BCUT2D eigenvalue weighted by Gasteiger charge is -2.19. The van der Waals surface area contributed by atoms with Crippen LogP contribution in [0.1, 0.15) is 19.4 Å². The van der Waals surface area contributed by atoms with Gasteiger partial charge in [-0.25, -0.2) is 0 Å². The first-order chi connectivity index (χ1) is 14.5. The molecule has 0 aliphatic carbocycles. The Morgan fingerprint density at radius 2 is 1.30 bits per heavy atom. The van der Waals surface area contributed by atoms with E-state index in [4.69, 9.17) is 18.9 Å². The summed E-state index contributed by atoms with van der Waals surface area (Å²) in [5.74, 6) is 1.07. The number of hydrogen-bond donors (Lipinski definition) is 2. The molecule has 0 bridgehead atoms. The van der Waals surface area contributed by atoms with Crippen molar-refractivity contribution in [2.24, 2.45) is 0 Å². The van der Waals surface area contributed by atoms with Crippen LogP contribution in [0.2, 0.25) is 0 Å². The van der Waals surface area contributed by atoms with E-state index < -0.39 is 7.37 Å². The summed E-state index contributed by atoms with van der Waals surface area (Å²) in [4.78, 5) is 10.3. The fraction of sp³-hybridized carbons (Fsp3) is 0.455. The molecule has 166 valence electrons. The van der Waals surface area contributed by atoms with Crippen LogP contribution in [-0.4, -0.2) is 55.3 Å². The molecule has 0 saturated heterocycles. The molecule has 2 aromatic rings. The molecular formula is C22H31O7P. The lowest BCUT2D eigenvalue weighted by atomic mass is 10.2. The monoisotopic (exact) mass is 438 g/mol. The molecule has 30 heavy (non-hydrogen) atoms. The van der Waals surface area contributed by atoms with Crippen LogP contribution < -0.4 is 14.8 Å². The molecule has 0 amide bonds. The molecule has 2 aromatic carbocycles. The molecule has 0 saturated carbocycles. The second kappa shape index (κ2) is 12.7. The summed E-state index contributed by atoms with van der Waals surface area (Å²) in [6.07, 6.45) is 0. The fourth-order valence-electron chi connectivity index (χ4n) is 2.64. The van der Waals surface area contributed by atoms with Crippen molar-refractivity contribution in [1.29, 1.82) is 0 Å². The standard InChI is InChI=1S/C22H31O7P/c1-18(2)30(24,25)22-10-6-5-9-21(22)29-16-14-27-12-11-26-13-15-28-20-8-4-3-7-19(20)17-23/h3-10,18,23H,11-17H2,1-2H3,(H,24,25). The predicted molar refractivity (Wildman–Crippen MR) is 116 cm³/mol. The SMILES string of the molecule is CC(C)P(=O)(O)c1ccccc1OCCOCCOCCOc1ccccc1CO. The lowest BCUT2D eigenvalue weighted by molar-refractivity contribution is 0.0272.